The van der Waals surface area contributed by atoms with E-state index in [2.05, 4.69) is 4.98 Å². The molecule has 0 spiro atoms. The highest BCUT2D eigenvalue weighted by molar-refractivity contribution is 14.1. The molecule has 100 valence electrons. The van der Waals surface area contributed by atoms with Crippen molar-refractivity contribution in [1.29, 1.82) is 0 Å². The second kappa shape index (κ2) is 7.18. The first-order valence-corrected chi connectivity index (χ1v) is 6.78. The average Bonchev–Trinajstić information content (AvgIpc) is 2.29. The van der Waals surface area contributed by atoms with Crippen LogP contribution in [0, 0.1) is 3.57 Å². The van der Waals surface area contributed by atoms with Crippen LogP contribution in [0.25, 0.3) is 0 Å². The molecule has 7 heteroatoms. The first-order chi connectivity index (χ1) is 8.51. The van der Waals surface area contributed by atoms with Gasteiger partial charge in [0.25, 0.3) is 6.43 Å². The van der Waals surface area contributed by atoms with Crippen LogP contribution in [-0.2, 0) is 21.8 Å². The van der Waals surface area contributed by atoms with Crippen molar-refractivity contribution < 1.29 is 18.3 Å². The number of halogens is 4. The molecule has 0 N–H and O–H groups in total. The number of rotatable bonds is 5. The van der Waals surface area contributed by atoms with Crippen molar-refractivity contribution in [2.24, 2.45) is 0 Å². The number of ether oxygens (including phenoxy) is 1. The summed E-state index contributed by atoms with van der Waals surface area (Å²) in [5.41, 5.74) is 0.385. The summed E-state index contributed by atoms with van der Waals surface area (Å²) in [6.07, 6.45) is -1.62. The molecule has 0 aliphatic heterocycles. The van der Waals surface area contributed by atoms with Gasteiger partial charge in [0.1, 0.15) is 0 Å². The second-order valence-electron chi connectivity index (χ2n) is 3.37. The lowest BCUT2D eigenvalue weighted by Gasteiger charge is -2.12. The van der Waals surface area contributed by atoms with E-state index in [0.29, 0.717) is 9.26 Å². The molecule has 0 amide bonds. The lowest BCUT2D eigenvalue weighted by Crippen LogP contribution is -2.12. The van der Waals surface area contributed by atoms with Gasteiger partial charge in [0, 0.05) is 15.3 Å². The summed E-state index contributed by atoms with van der Waals surface area (Å²) in [4.78, 5) is 15.3. The van der Waals surface area contributed by atoms with Gasteiger partial charge >= 0.3 is 5.97 Å². The molecule has 0 saturated heterocycles. The summed E-state index contributed by atoms with van der Waals surface area (Å²) < 4.78 is 31.1. The van der Waals surface area contributed by atoms with Gasteiger partial charge in [-0.2, -0.15) is 0 Å². The molecule has 18 heavy (non-hydrogen) atoms. The van der Waals surface area contributed by atoms with Crippen LogP contribution in [0.3, 0.4) is 0 Å². The van der Waals surface area contributed by atoms with Crippen molar-refractivity contribution in [1.82, 2.24) is 4.98 Å². The normalized spacial score (nSPS) is 10.8. The average molecular weight is 390 g/mol. The Morgan fingerprint density at radius 3 is 2.78 bits per heavy atom. The zero-order valence-corrected chi connectivity index (χ0v) is 12.5. The van der Waals surface area contributed by atoms with E-state index in [1.54, 1.807) is 29.5 Å². The standard InChI is InChI=1S/C11H11ClF2INO2/c1-2-18-8(17)3-6-5-16-7(4-12)10(15)9(6)11(13)14/h5,11H,2-4H2,1H3. The molecule has 0 bridgehead atoms. The molecule has 0 radical (unpaired) electrons. The Hall–Kier alpha value is -0.500. The van der Waals surface area contributed by atoms with Crippen molar-refractivity contribution in [2.45, 2.75) is 25.7 Å². The Labute approximate surface area is 122 Å². The van der Waals surface area contributed by atoms with E-state index in [9.17, 15) is 13.6 Å². The van der Waals surface area contributed by atoms with Gasteiger partial charge in [-0.05, 0) is 35.1 Å². The van der Waals surface area contributed by atoms with Crippen LogP contribution in [0.15, 0.2) is 6.20 Å². The fourth-order valence-electron chi connectivity index (χ4n) is 1.42. The number of carbonyl (C=O) groups excluding carboxylic acids is 1. The maximum Gasteiger partial charge on any atom is 0.310 e. The first-order valence-electron chi connectivity index (χ1n) is 5.17. The molecule has 0 unspecified atom stereocenters. The molecule has 1 aromatic heterocycles. The van der Waals surface area contributed by atoms with E-state index in [0.717, 1.165) is 0 Å². The summed E-state index contributed by atoms with van der Waals surface area (Å²) in [6, 6.07) is 0. The molecule has 0 atom stereocenters. The van der Waals surface area contributed by atoms with E-state index in [1.807, 2.05) is 0 Å². The van der Waals surface area contributed by atoms with Crippen LogP contribution >= 0.6 is 34.2 Å². The van der Waals surface area contributed by atoms with Crippen molar-refractivity contribution in [3.05, 3.63) is 26.6 Å². The molecule has 0 aliphatic rings. The smallest absolute Gasteiger partial charge is 0.310 e. The van der Waals surface area contributed by atoms with E-state index >= 15 is 0 Å². The van der Waals surface area contributed by atoms with Crippen LogP contribution in [-0.4, -0.2) is 17.6 Å². The third-order valence-corrected chi connectivity index (χ3v) is 3.65. The maximum absolute atomic E-state index is 13.0. The number of hydrogen-bond acceptors (Lipinski definition) is 3. The molecule has 0 fully saturated rings. The second-order valence-corrected chi connectivity index (χ2v) is 4.72. The van der Waals surface area contributed by atoms with Gasteiger partial charge in [0.15, 0.2) is 0 Å². The fraction of sp³-hybridized carbons (Fsp3) is 0.455. The van der Waals surface area contributed by atoms with Gasteiger partial charge in [-0.25, -0.2) is 8.78 Å². The summed E-state index contributed by atoms with van der Waals surface area (Å²) in [7, 11) is 0. The van der Waals surface area contributed by atoms with E-state index in [1.165, 1.54) is 6.20 Å². The number of alkyl halides is 3. The molecule has 0 saturated carbocycles. The van der Waals surface area contributed by atoms with Gasteiger partial charge in [0.05, 0.1) is 24.6 Å². The number of hydrogen-bond donors (Lipinski definition) is 0. The number of nitrogens with zero attached hydrogens (tertiary/aromatic N) is 1. The van der Waals surface area contributed by atoms with Crippen LogP contribution < -0.4 is 0 Å². The molecule has 1 aromatic rings. The zero-order chi connectivity index (χ0) is 13.7. The number of esters is 1. The Morgan fingerprint density at radius 2 is 2.28 bits per heavy atom. The Kier molecular flexibility index (Phi) is 6.20. The summed E-state index contributed by atoms with van der Waals surface area (Å²) in [5.74, 6) is -0.492. The largest absolute Gasteiger partial charge is 0.466 e. The number of aromatic nitrogens is 1. The van der Waals surface area contributed by atoms with Crippen LogP contribution in [0.5, 0.6) is 0 Å². The Morgan fingerprint density at radius 1 is 1.61 bits per heavy atom. The van der Waals surface area contributed by atoms with Crippen molar-refractivity contribution in [2.75, 3.05) is 6.61 Å². The van der Waals surface area contributed by atoms with Gasteiger partial charge in [-0.3, -0.25) is 9.78 Å². The molecule has 0 aliphatic carbocycles. The van der Waals surface area contributed by atoms with Crippen LogP contribution in [0.2, 0.25) is 0 Å². The molecule has 1 rings (SSSR count). The maximum atomic E-state index is 13.0. The Balaban J connectivity index is 3.11. The first kappa shape index (κ1) is 15.6. The highest BCUT2D eigenvalue weighted by Crippen LogP contribution is 2.30. The van der Waals surface area contributed by atoms with E-state index in [4.69, 9.17) is 16.3 Å². The van der Waals surface area contributed by atoms with Gasteiger partial charge in [0.2, 0.25) is 0 Å². The minimum atomic E-state index is -2.67. The number of carbonyl (C=O) groups is 1. The van der Waals surface area contributed by atoms with Crippen LogP contribution in [0.4, 0.5) is 8.78 Å². The van der Waals surface area contributed by atoms with Crippen molar-refractivity contribution in [3.63, 3.8) is 0 Å². The van der Waals surface area contributed by atoms with E-state index < -0.39 is 12.4 Å². The minimum Gasteiger partial charge on any atom is -0.466 e. The summed E-state index contributed by atoms with van der Waals surface area (Å²) in [6.45, 7) is 1.87. The predicted molar refractivity (Wildman–Crippen MR) is 71.8 cm³/mol. The molecule has 0 aromatic carbocycles. The zero-order valence-electron chi connectivity index (χ0n) is 9.55. The van der Waals surface area contributed by atoms with E-state index in [-0.39, 0.29) is 30.0 Å². The number of pyridine rings is 1. The highest BCUT2D eigenvalue weighted by Gasteiger charge is 2.21. The highest BCUT2D eigenvalue weighted by atomic mass is 127. The van der Waals surface area contributed by atoms with Gasteiger partial charge in [-0.15, -0.1) is 11.6 Å². The molecule has 1 heterocycles. The summed E-state index contributed by atoms with van der Waals surface area (Å²) in [5, 5.41) is 0. The molecular formula is C11H11ClF2INO2. The third-order valence-electron chi connectivity index (χ3n) is 2.20. The summed E-state index contributed by atoms with van der Waals surface area (Å²) >= 11 is 7.38. The van der Waals surface area contributed by atoms with Gasteiger partial charge in [-0.1, -0.05) is 0 Å². The van der Waals surface area contributed by atoms with Crippen molar-refractivity contribution >= 4 is 40.2 Å². The predicted octanol–water partition coefficient (Wildman–Crippen LogP) is 3.47. The fourth-order valence-corrected chi connectivity index (χ4v) is 2.76. The van der Waals surface area contributed by atoms with Crippen molar-refractivity contribution in [3.8, 4) is 0 Å². The molecular weight excluding hydrogens is 378 g/mol. The minimum absolute atomic E-state index is 0.0533. The lowest BCUT2D eigenvalue weighted by atomic mass is 10.1. The lowest BCUT2D eigenvalue weighted by molar-refractivity contribution is -0.142. The topological polar surface area (TPSA) is 39.2 Å². The van der Waals surface area contributed by atoms with Crippen LogP contribution in [0.1, 0.15) is 30.2 Å². The van der Waals surface area contributed by atoms with Gasteiger partial charge < -0.3 is 4.74 Å². The Bertz CT molecular complexity index is 443. The third kappa shape index (κ3) is 3.74. The quantitative estimate of drug-likeness (QED) is 0.440. The molecule has 3 nitrogen and oxygen atoms in total. The SMILES string of the molecule is CCOC(=O)Cc1cnc(CCl)c(I)c1C(F)F. The monoisotopic (exact) mass is 389 g/mol.